The number of hydrogen-bond acceptors (Lipinski definition) is 15. The van der Waals surface area contributed by atoms with Gasteiger partial charge in [0.25, 0.3) is 0 Å². The van der Waals surface area contributed by atoms with Crippen LogP contribution in [0.4, 0.5) is 62.3 Å². The molecule has 0 radical (unpaired) electrons. The quantitative estimate of drug-likeness (QED) is 0.0262. The number of piperidine rings is 4. The summed E-state index contributed by atoms with van der Waals surface area (Å²) in [5.41, 5.74) is 1.42. The number of carbonyl (C=O) groups is 10. The lowest BCUT2D eigenvalue weighted by molar-refractivity contribution is -0.185. The number of aryl methyl sites for hydroxylation is 2. The van der Waals surface area contributed by atoms with Gasteiger partial charge >= 0.3 is 71.9 Å². The molecule has 0 spiro atoms. The van der Waals surface area contributed by atoms with Crippen LogP contribution in [0.1, 0.15) is 228 Å². The zero-order valence-corrected chi connectivity index (χ0v) is 71.3. The number of nitrogens with zero attached hydrogens (tertiary/aromatic N) is 3. The van der Waals surface area contributed by atoms with Gasteiger partial charge in [0.2, 0.25) is 5.91 Å². The number of esters is 2. The van der Waals surface area contributed by atoms with E-state index < -0.39 is 118 Å². The summed E-state index contributed by atoms with van der Waals surface area (Å²) in [6, 6.07) is 30.0. The minimum atomic E-state index is -4.64. The van der Waals surface area contributed by atoms with Gasteiger partial charge in [-0.1, -0.05) is 136 Å². The standard InChI is InChI=1S/C18H27NO3.C17H20F3NO3.C15H16F3NO3.C13H16F3N.C11H19NO3.C7H7Br.C4H2ClF3O3.CH4/c1-13-7-6-8-15(11-13)16(20)10-9-14(2)12-19-17(21)22-18(3,4)5;1-3-24-16(23)15(22)21-10-11(2)7-8-14(21)12-5-4-6-13(9-12)17(18,19)20;1-9-5-6-12(19(8-9)13(20)14(21)22)10-3-2-4-11(7-10)15(16,17)18;1-9-5-6-12(17-8-9)10-3-2-4-11(7-10)13(14,15)16;1-8-5-6-9(13)12(7-8)10(14)15-11(2,3)4;1-6-3-2-4-7(8)5-6;5-2(9)3(10)11-1-4(6,7)8;/h6-8,11,14H,9-10,12H2,1-5H3,(H,19,21);4-6,9,11,14H,3,7-8,10H2,1-2H3;2-4,7,9,12H,5-6,8H2,1H3,(H,21,22);2-4,7,9,12,17H,5-6,8H2,1H3;8H,5-7H2,1-4H3;2-5H,1H3;1H2;1H4. The van der Waals surface area contributed by atoms with E-state index in [4.69, 9.17) is 19.3 Å². The number of carboxylic acids is 1. The Morgan fingerprint density at radius 2 is 1.02 bits per heavy atom. The van der Waals surface area contributed by atoms with Crippen molar-refractivity contribution in [3.05, 3.63) is 176 Å². The van der Waals surface area contributed by atoms with Crippen LogP contribution in [0.15, 0.2) is 126 Å². The molecule has 0 saturated carbocycles. The number of ether oxygens (including phenoxy) is 4. The molecule has 0 aromatic heterocycles. The molecule has 20 nitrogen and oxygen atoms in total. The Kier molecular flexibility index (Phi) is 43.8. The number of rotatable bonds is 12. The molecule has 5 aromatic carbocycles. The Balaban J connectivity index is 0.000000484. The van der Waals surface area contributed by atoms with E-state index in [1.807, 2.05) is 91.8 Å². The first-order chi connectivity index (χ1) is 55.0. The fourth-order valence-electron chi connectivity index (χ4n) is 12.3. The maximum absolute atomic E-state index is 12.9. The zero-order chi connectivity index (χ0) is 90.3. The second-order valence-electron chi connectivity index (χ2n) is 31.6. The average Bonchev–Trinajstić information content (AvgIpc) is 0.786. The Hall–Kier alpha value is -9.11. The summed E-state index contributed by atoms with van der Waals surface area (Å²) in [7, 11) is 0. The van der Waals surface area contributed by atoms with Crippen molar-refractivity contribution in [2.24, 2.45) is 29.6 Å². The van der Waals surface area contributed by atoms with Gasteiger partial charge in [0.1, 0.15) is 11.2 Å². The van der Waals surface area contributed by atoms with Gasteiger partial charge in [0.15, 0.2) is 12.4 Å². The molecule has 668 valence electrons. The number of carbonyl (C=O) groups excluding carboxylic acids is 9. The number of carboxylic acid groups (broad SMARTS) is 1. The summed E-state index contributed by atoms with van der Waals surface area (Å²) in [6.07, 6.45) is -11.8. The van der Waals surface area contributed by atoms with Gasteiger partial charge in [-0.15, -0.1) is 0 Å². The molecule has 8 atom stereocenters. The van der Waals surface area contributed by atoms with E-state index in [1.165, 1.54) is 45.7 Å². The Bertz CT molecular complexity index is 4150. The number of hydrogen-bond donors (Lipinski definition) is 3. The molecule has 4 aliphatic rings. The van der Waals surface area contributed by atoms with E-state index in [-0.39, 0.29) is 56.1 Å². The second kappa shape index (κ2) is 49.1. The van der Waals surface area contributed by atoms with Crippen LogP contribution in [0.5, 0.6) is 0 Å². The molecule has 4 fully saturated rings. The molecule has 4 heterocycles. The monoisotopic (exact) mass is 1800 g/mol. The first-order valence-corrected chi connectivity index (χ1v) is 39.7. The lowest BCUT2D eigenvalue weighted by Gasteiger charge is -2.38. The Morgan fingerprint density at radius 3 is 1.43 bits per heavy atom. The van der Waals surface area contributed by atoms with Gasteiger partial charge in [-0.3, -0.25) is 24.0 Å². The number of alkyl carbamates (subject to hydrolysis) is 1. The highest BCUT2D eigenvalue weighted by atomic mass is 79.9. The SMILES string of the molecule is C.CC1CCC(=O)N(C(=O)OC(C)(C)C)C1.CC1CCC(c2cccc(C(F)(F)F)c2)N(C(=O)C(=O)O)C1.CC1CCC(c2cccc(C(F)(F)F)c2)NC1.CCOC(=O)C(=O)N1CC(C)CCC1c1cccc(C(F)(F)F)c1.Cc1cccc(Br)c1.Cc1cccc(C(=O)CCC(C)CNC(=O)OC(C)(C)C)c1.O=C(Cl)C(=O)OCC(F)(F)F. The van der Waals surface area contributed by atoms with Gasteiger partial charge in [0, 0.05) is 55.1 Å². The zero-order valence-electron chi connectivity index (χ0n) is 69.0. The number of ketones is 1. The number of halogens is 14. The number of nitrogens with one attached hydrogen (secondary N) is 2. The topological polar surface area (TPSA) is 262 Å². The van der Waals surface area contributed by atoms with Crippen molar-refractivity contribution >= 4 is 86.4 Å². The van der Waals surface area contributed by atoms with Crippen LogP contribution in [-0.4, -0.2) is 142 Å². The van der Waals surface area contributed by atoms with Gasteiger partial charge in [-0.05, 0) is 233 Å². The molecule has 5 amide bonds. The van der Waals surface area contributed by atoms with Gasteiger partial charge < -0.3 is 44.5 Å². The maximum Gasteiger partial charge on any atom is 0.422 e. The molecule has 0 aliphatic carbocycles. The number of imide groups is 1. The molecule has 34 heteroatoms. The summed E-state index contributed by atoms with van der Waals surface area (Å²) in [5.74, 6) is -4.63. The van der Waals surface area contributed by atoms with Crippen LogP contribution in [0.2, 0.25) is 0 Å². The third kappa shape index (κ3) is 40.5. The van der Waals surface area contributed by atoms with E-state index >= 15 is 0 Å². The minimum absolute atomic E-state index is 0. The van der Waals surface area contributed by atoms with Crippen molar-refractivity contribution in [2.45, 2.75) is 223 Å². The third-order valence-corrected chi connectivity index (χ3v) is 18.9. The fourth-order valence-corrected chi connectivity index (χ4v) is 12.8. The summed E-state index contributed by atoms with van der Waals surface area (Å²) in [5, 5.41) is 13.4. The largest absolute Gasteiger partial charge is 0.474 e. The van der Waals surface area contributed by atoms with Gasteiger partial charge in [0.05, 0.1) is 35.4 Å². The van der Waals surface area contributed by atoms with Crippen LogP contribution in [0.3, 0.4) is 0 Å². The highest BCUT2D eigenvalue weighted by molar-refractivity contribution is 9.10. The van der Waals surface area contributed by atoms with Crippen molar-refractivity contribution in [2.75, 3.05) is 45.9 Å². The Morgan fingerprint density at radius 1 is 0.567 bits per heavy atom. The molecule has 4 saturated heterocycles. The van der Waals surface area contributed by atoms with Crippen molar-refractivity contribution in [1.29, 1.82) is 0 Å². The summed E-state index contributed by atoms with van der Waals surface area (Å²) < 4.78 is 168. The number of amides is 5. The Labute approximate surface area is 707 Å². The number of Topliss-reactive ketones (excluding diaryl/α,β-unsaturated/α-hetero) is 1. The summed E-state index contributed by atoms with van der Waals surface area (Å²) >= 11 is 7.84. The van der Waals surface area contributed by atoms with Crippen molar-refractivity contribution < 1.29 is 125 Å². The average molecular weight is 1800 g/mol. The molecule has 4 aliphatic heterocycles. The van der Waals surface area contributed by atoms with E-state index in [2.05, 4.69) is 68.9 Å². The van der Waals surface area contributed by atoms with Crippen LogP contribution < -0.4 is 10.6 Å². The predicted octanol–water partition coefficient (Wildman–Crippen LogP) is 21.0. The van der Waals surface area contributed by atoms with Crippen molar-refractivity contribution in [3.8, 4) is 0 Å². The van der Waals surface area contributed by atoms with E-state index in [0.29, 0.717) is 68.3 Å². The highest BCUT2D eigenvalue weighted by Gasteiger charge is 2.40. The molecule has 3 N–H and O–H groups in total. The third-order valence-electron chi connectivity index (χ3n) is 18.2. The molecule has 0 bridgehead atoms. The molecule has 5 aromatic rings. The molecule has 8 unspecified atom stereocenters. The molecular formula is C86H111BrClF12N5O15. The highest BCUT2D eigenvalue weighted by Crippen LogP contribution is 2.40. The lowest BCUT2D eigenvalue weighted by Crippen LogP contribution is -2.45. The first-order valence-electron chi connectivity index (χ1n) is 38.5. The number of alkyl halides is 12. The van der Waals surface area contributed by atoms with Crippen molar-refractivity contribution in [1.82, 2.24) is 25.3 Å². The van der Waals surface area contributed by atoms with E-state index in [0.717, 1.165) is 101 Å². The van der Waals surface area contributed by atoms with Crippen molar-refractivity contribution in [3.63, 3.8) is 0 Å². The molecule has 9 rings (SSSR count). The van der Waals surface area contributed by atoms with Crippen LogP contribution in [-0.2, 0) is 71.0 Å². The number of aliphatic carboxylic acids is 1. The molecule has 120 heavy (non-hydrogen) atoms. The van der Waals surface area contributed by atoms with Gasteiger partial charge in [-0.25, -0.2) is 28.9 Å². The fraction of sp³-hybridized carbons (Fsp3) is 0.535. The van der Waals surface area contributed by atoms with E-state index in [1.54, 1.807) is 39.8 Å². The smallest absolute Gasteiger partial charge is 0.422 e. The van der Waals surface area contributed by atoms with Crippen LogP contribution in [0, 0.1) is 43.4 Å². The first kappa shape index (κ1) is 107. The maximum atomic E-state index is 12.9. The minimum Gasteiger partial charge on any atom is -0.474 e. The van der Waals surface area contributed by atoms with Crippen LogP contribution >= 0.6 is 27.5 Å². The number of likely N-dealkylation sites (tertiary alicyclic amines) is 3. The number of benzene rings is 5. The van der Waals surface area contributed by atoms with Crippen LogP contribution in [0.25, 0.3) is 0 Å². The summed E-state index contributed by atoms with van der Waals surface area (Å²) in [6.45, 7) is 27.2. The molecular weight excluding hydrogens is 1690 g/mol. The second-order valence-corrected chi connectivity index (χ2v) is 32.8. The van der Waals surface area contributed by atoms with E-state index in [9.17, 15) is 101 Å². The summed E-state index contributed by atoms with van der Waals surface area (Å²) in [4.78, 5) is 117. The predicted molar refractivity (Wildman–Crippen MR) is 431 cm³/mol. The normalized spacial score (nSPS) is 18.9. The van der Waals surface area contributed by atoms with Gasteiger partial charge in [-0.2, -0.15) is 52.7 Å². The lowest BCUT2D eigenvalue weighted by atomic mass is 9.89.